The minimum Gasteiger partial charge on any atom is -0.478 e. The SMILES string of the molecule is COCC(O)CCNc1ccc(Br)cc1C(=O)O. The molecule has 1 aromatic carbocycles. The Balaban J connectivity index is 2.59. The number of carbonyl (C=O) groups is 1. The van der Waals surface area contributed by atoms with Gasteiger partial charge >= 0.3 is 5.97 Å². The summed E-state index contributed by atoms with van der Waals surface area (Å²) in [5, 5.41) is 21.5. The van der Waals surface area contributed by atoms with E-state index in [9.17, 15) is 9.90 Å². The Morgan fingerprint density at radius 2 is 2.28 bits per heavy atom. The molecule has 0 saturated heterocycles. The molecule has 0 radical (unpaired) electrons. The number of carboxylic acid groups (broad SMARTS) is 1. The van der Waals surface area contributed by atoms with E-state index in [0.29, 0.717) is 23.1 Å². The Morgan fingerprint density at radius 1 is 1.56 bits per heavy atom. The summed E-state index contributed by atoms with van der Waals surface area (Å²) < 4.78 is 5.52. The molecular formula is C12H16BrNO4. The number of rotatable bonds is 7. The quantitative estimate of drug-likeness (QED) is 0.716. The smallest absolute Gasteiger partial charge is 0.337 e. The zero-order valence-corrected chi connectivity index (χ0v) is 11.6. The minimum atomic E-state index is -0.990. The van der Waals surface area contributed by atoms with Gasteiger partial charge in [-0.05, 0) is 24.6 Å². The number of hydrogen-bond acceptors (Lipinski definition) is 4. The number of halogens is 1. The summed E-state index contributed by atoms with van der Waals surface area (Å²) in [6.45, 7) is 0.750. The first-order chi connectivity index (χ1) is 8.54. The lowest BCUT2D eigenvalue weighted by molar-refractivity contribution is 0.0615. The molecule has 0 fully saturated rings. The average molecular weight is 318 g/mol. The van der Waals surface area contributed by atoms with Gasteiger partial charge in [-0.25, -0.2) is 4.79 Å². The molecule has 0 spiro atoms. The van der Waals surface area contributed by atoms with Gasteiger partial charge in [0, 0.05) is 23.8 Å². The van der Waals surface area contributed by atoms with Crippen molar-refractivity contribution in [1.82, 2.24) is 0 Å². The number of methoxy groups -OCH3 is 1. The molecule has 0 aromatic heterocycles. The molecule has 1 aromatic rings. The third kappa shape index (κ3) is 4.64. The summed E-state index contributed by atoms with van der Waals surface area (Å²) in [6, 6.07) is 4.99. The van der Waals surface area contributed by atoms with Crippen molar-refractivity contribution in [3.8, 4) is 0 Å². The number of nitrogens with one attached hydrogen (secondary N) is 1. The fourth-order valence-corrected chi connectivity index (χ4v) is 1.86. The number of aromatic carboxylic acids is 1. The molecule has 6 heteroatoms. The van der Waals surface area contributed by atoms with Crippen LogP contribution in [0.2, 0.25) is 0 Å². The van der Waals surface area contributed by atoms with Crippen molar-refractivity contribution in [2.75, 3.05) is 25.6 Å². The topological polar surface area (TPSA) is 78.8 Å². The van der Waals surface area contributed by atoms with Crippen LogP contribution in [0.5, 0.6) is 0 Å². The van der Waals surface area contributed by atoms with Crippen LogP contribution >= 0.6 is 15.9 Å². The molecule has 0 aliphatic heterocycles. The second-order valence-corrected chi connectivity index (χ2v) is 4.74. The molecule has 0 heterocycles. The number of aliphatic hydroxyl groups is 1. The van der Waals surface area contributed by atoms with E-state index in [1.807, 2.05) is 0 Å². The van der Waals surface area contributed by atoms with Crippen LogP contribution in [0.4, 0.5) is 5.69 Å². The Kier molecular flexibility index (Phi) is 6.11. The Morgan fingerprint density at radius 3 is 2.89 bits per heavy atom. The van der Waals surface area contributed by atoms with Crippen LogP contribution in [-0.4, -0.2) is 42.5 Å². The van der Waals surface area contributed by atoms with Crippen molar-refractivity contribution < 1.29 is 19.7 Å². The maximum atomic E-state index is 11.0. The van der Waals surface area contributed by atoms with Gasteiger partial charge in [0.05, 0.1) is 18.3 Å². The largest absolute Gasteiger partial charge is 0.478 e. The standard InChI is InChI=1S/C12H16BrNO4/c1-18-7-9(15)4-5-14-11-3-2-8(13)6-10(11)12(16)17/h2-3,6,9,14-15H,4-5,7H2,1H3,(H,16,17). The normalized spacial score (nSPS) is 12.2. The van der Waals surface area contributed by atoms with Crippen molar-refractivity contribution in [3.63, 3.8) is 0 Å². The molecule has 1 rings (SSSR count). The van der Waals surface area contributed by atoms with Crippen LogP contribution in [0.1, 0.15) is 16.8 Å². The lowest BCUT2D eigenvalue weighted by Gasteiger charge is -2.12. The molecule has 100 valence electrons. The van der Waals surface area contributed by atoms with E-state index in [-0.39, 0.29) is 12.2 Å². The first-order valence-electron chi connectivity index (χ1n) is 5.48. The van der Waals surface area contributed by atoms with Gasteiger partial charge in [0.25, 0.3) is 0 Å². The Hall–Kier alpha value is -1.11. The van der Waals surface area contributed by atoms with Gasteiger partial charge < -0.3 is 20.3 Å². The van der Waals surface area contributed by atoms with Crippen LogP contribution in [0, 0.1) is 0 Å². The van der Waals surface area contributed by atoms with E-state index in [0.717, 1.165) is 0 Å². The summed E-state index contributed by atoms with van der Waals surface area (Å²) in [5.74, 6) is -0.990. The molecule has 0 aliphatic rings. The van der Waals surface area contributed by atoms with Gasteiger partial charge in [-0.15, -0.1) is 0 Å². The summed E-state index contributed by atoms with van der Waals surface area (Å²) >= 11 is 3.23. The van der Waals surface area contributed by atoms with Crippen molar-refractivity contribution in [3.05, 3.63) is 28.2 Å². The predicted octanol–water partition coefficient (Wildman–Crippen LogP) is 1.96. The zero-order valence-electron chi connectivity index (χ0n) is 10.0. The number of benzene rings is 1. The fraction of sp³-hybridized carbons (Fsp3) is 0.417. The van der Waals surface area contributed by atoms with Crippen molar-refractivity contribution in [1.29, 1.82) is 0 Å². The summed E-state index contributed by atoms with van der Waals surface area (Å²) in [5.41, 5.74) is 0.737. The van der Waals surface area contributed by atoms with Crippen molar-refractivity contribution in [2.24, 2.45) is 0 Å². The number of carboxylic acids is 1. The van der Waals surface area contributed by atoms with Crippen LogP contribution in [0.15, 0.2) is 22.7 Å². The highest BCUT2D eigenvalue weighted by Crippen LogP contribution is 2.21. The monoisotopic (exact) mass is 317 g/mol. The highest BCUT2D eigenvalue weighted by molar-refractivity contribution is 9.10. The molecule has 0 amide bonds. The van der Waals surface area contributed by atoms with Gasteiger partial charge in [-0.1, -0.05) is 15.9 Å². The average Bonchev–Trinajstić information content (AvgIpc) is 2.31. The van der Waals surface area contributed by atoms with Crippen LogP contribution in [0.25, 0.3) is 0 Å². The van der Waals surface area contributed by atoms with E-state index in [2.05, 4.69) is 21.2 Å². The Bertz CT molecular complexity index is 411. The maximum absolute atomic E-state index is 11.0. The molecule has 5 nitrogen and oxygen atoms in total. The zero-order chi connectivity index (χ0) is 13.5. The maximum Gasteiger partial charge on any atom is 0.337 e. The number of hydrogen-bond donors (Lipinski definition) is 3. The first kappa shape index (κ1) is 14.9. The summed E-state index contributed by atoms with van der Waals surface area (Å²) in [6.07, 6.45) is -0.0607. The molecule has 0 aliphatic carbocycles. The summed E-state index contributed by atoms with van der Waals surface area (Å²) in [4.78, 5) is 11.0. The second kappa shape index (κ2) is 7.35. The van der Waals surface area contributed by atoms with E-state index in [1.165, 1.54) is 13.2 Å². The second-order valence-electron chi connectivity index (χ2n) is 3.82. The third-order valence-electron chi connectivity index (χ3n) is 2.36. The lowest BCUT2D eigenvalue weighted by atomic mass is 10.1. The molecule has 0 saturated carbocycles. The highest BCUT2D eigenvalue weighted by Gasteiger charge is 2.10. The molecule has 3 N–H and O–H groups in total. The molecule has 18 heavy (non-hydrogen) atoms. The van der Waals surface area contributed by atoms with Crippen LogP contribution < -0.4 is 5.32 Å². The van der Waals surface area contributed by atoms with Crippen LogP contribution in [0.3, 0.4) is 0 Å². The van der Waals surface area contributed by atoms with E-state index in [4.69, 9.17) is 9.84 Å². The molecular weight excluding hydrogens is 302 g/mol. The van der Waals surface area contributed by atoms with Gasteiger partial charge in [-0.3, -0.25) is 0 Å². The van der Waals surface area contributed by atoms with Crippen molar-refractivity contribution >= 4 is 27.6 Å². The fourth-order valence-electron chi connectivity index (χ4n) is 1.50. The first-order valence-corrected chi connectivity index (χ1v) is 6.27. The molecule has 1 atom stereocenters. The minimum absolute atomic E-state index is 0.200. The number of anilines is 1. The lowest BCUT2D eigenvalue weighted by Crippen LogP contribution is -2.19. The highest BCUT2D eigenvalue weighted by atomic mass is 79.9. The van der Waals surface area contributed by atoms with E-state index in [1.54, 1.807) is 12.1 Å². The summed E-state index contributed by atoms with van der Waals surface area (Å²) in [7, 11) is 1.52. The molecule has 0 bridgehead atoms. The van der Waals surface area contributed by atoms with Crippen LogP contribution in [-0.2, 0) is 4.74 Å². The van der Waals surface area contributed by atoms with E-state index < -0.39 is 12.1 Å². The molecule has 1 unspecified atom stereocenters. The van der Waals surface area contributed by atoms with Gasteiger partial charge in [0.2, 0.25) is 0 Å². The predicted molar refractivity (Wildman–Crippen MR) is 72.1 cm³/mol. The van der Waals surface area contributed by atoms with Gasteiger partial charge in [0.15, 0.2) is 0 Å². The third-order valence-corrected chi connectivity index (χ3v) is 2.86. The Labute approximate surface area is 114 Å². The van der Waals surface area contributed by atoms with E-state index >= 15 is 0 Å². The number of ether oxygens (including phenoxy) is 1. The van der Waals surface area contributed by atoms with Gasteiger partial charge in [0.1, 0.15) is 0 Å². The van der Waals surface area contributed by atoms with Gasteiger partial charge in [-0.2, -0.15) is 0 Å². The van der Waals surface area contributed by atoms with Crippen molar-refractivity contribution in [2.45, 2.75) is 12.5 Å². The number of aliphatic hydroxyl groups excluding tert-OH is 1.